The molecule has 2 unspecified atom stereocenters. The number of carbonyl (C=O) groups excluding carboxylic acids is 1. The minimum absolute atomic E-state index is 0. The third kappa shape index (κ3) is 5.29. The van der Waals surface area contributed by atoms with Crippen molar-refractivity contribution in [2.75, 3.05) is 43.4 Å². The van der Waals surface area contributed by atoms with Gasteiger partial charge >= 0.3 is 6.09 Å². The third-order valence-electron chi connectivity index (χ3n) is 8.30. The van der Waals surface area contributed by atoms with Crippen molar-refractivity contribution in [1.82, 2.24) is 10.2 Å². The Labute approximate surface area is 208 Å². The Balaban J connectivity index is 0.00000304. The molecule has 3 atom stereocenters. The fourth-order valence-corrected chi connectivity index (χ4v) is 7.39. The van der Waals surface area contributed by atoms with Crippen LogP contribution in [0.15, 0.2) is 18.2 Å². The predicted octanol–water partition coefficient (Wildman–Crippen LogP) is 3.40. The normalized spacial score (nSPS) is 29.1. The van der Waals surface area contributed by atoms with E-state index in [1.807, 2.05) is 0 Å². The van der Waals surface area contributed by atoms with Crippen molar-refractivity contribution in [1.29, 1.82) is 0 Å². The Morgan fingerprint density at radius 3 is 2.71 bits per heavy atom. The molecule has 1 aromatic carbocycles. The summed E-state index contributed by atoms with van der Waals surface area (Å²) in [6.07, 6.45) is 8.13. The number of ether oxygens (including phenoxy) is 2. The first-order valence-electron chi connectivity index (χ1n) is 12.8. The molecule has 2 saturated heterocycles. The van der Waals surface area contributed by atoms with Crippen LogP contribution in [0.3, 0.4) is 0 Å². The Kier molecular flexibility index (Phi) is 6.98. The Bertz CT molecular complexity index is 1040. The van der Waals surface area contributed by atoms with E-state index in [1.54, 1.807) is 6.07 Å². The van der Waals surface area contributed by atoms with Crippen molar-refractivity contribution in [2.24, 2.45) is 0 Å². The van der Waals surface area contributed by atoms with Crippen LogP contribution in [-0.4, -0.2) is 76.7 Å². The molecule has 196 valence electrons. The highest BCUT2D eigenvalue weighted by Gasteiger charge is 2.48. The van der Waals surface area contributed by atoms with Gasteiger partial charge in [-0.3, -0.25) is 4.31 Å². The highest BCUT2D eigenvalue weighted by molar-refractivity contribution is 7.92. The number of rotatable bonds is 4. The number of fused-ring (bicyclic) bond motifs is 2. The van der Waals surface area contributed by atoms with Gasteiger partial charge in [-0.15, -0.1) is 0 Å². The molecule has 1 N–H and O–H groups in total. The van der Waals surface area contributed by atoms with Crippen molar-refractivity contribution < 1.29 is 28.5 Å². The number of sulfonamides is 1. The van der Waals surface area contributed by atoms with Crippen molar-refractivity contribution in [3.63, 3.8) is 0 Å². The summed E-state index contributed by atoms with van der Waals surface area (Å²) in [7, 11) is -3.43. The molecule has 1 spiro atoms. The van der Waals surface area contributed by atoms with E-state index in [9.17, 15) is 17.6 Å². The maximum Gasteiger partial charge on any atom is 0.407 e. The first kappa shape index (κ1) is 24.8. The van der Waals surface area contributed by atoms with Gasteiger partial charge in [-0.25, -0.2) is 17.6 Å². The van der Waals surface area contributed by atoms with Crippen LogP contribution in [0.5, 0.6) is 0 Å². The van der Waals surface area contributed by atoms with Gasteiger partial charge in [0.15, 0.2) is 0 Å². The Morgan fingerprint density at radius 1 is 1.23 bits per heavy atom. The largest absolute Gasteiger partial charge is 0.444 e. The van der Waals surface area contributed by atoms with Crippen LogP contribution >= 0.6 is 0 Å². The van der Waals surface area contributed by atoms with Gasteiger partial charge in [-0.2, -0.15) is 0 Å². The van der Waals surface area contributed by atoms with Gasteiger partial charge in [0.25, 0.3) is 0 Å². The maximum atomic E-state index is 14.2. The van der Waals surface area contributed by atoms with Crippen molar-refractivity contribution in [3.05, 3.63) is 29.6 Å². The molecule has 4 aliphatic rings. The topological polar surface area (TPSA) is 88.2 Å². The quantitative estimate of drug-likeness (QED) is 0.624. The smallest absolute Gasteiger partial charge is 0.407 e. The monoisotopic (exact) mass is 511 g/mol. The molecule has 3 aliphatic heterocycles. The molecule has 1 aliphatic carbocycles. The molecule has 10 heteroatoms. The number of nitrogens with one attached hydrogen (secondary N) is 1. The average Bonchev–Trinajstić information content (AvgIpc) is 3.35. The molecule has 1 aromatic rings. The lowest BCUT2D eigenvalue weighted by Gasteiger charge is -2.43. The molecule has 5 rings (SSSR count). The zero-order valence-corrected chi connectivity index (χ0v) is 21.2. The molecule has 0 aromatic heterocycles. The SMILES string of the molecule is CS(=O)(=O)N1CC2(CCN(C3CCCCC(NC(=O)O[C@H]4CCOC4)C3)CC2)c2cc(F)ccc21.[HH]. The minimum Gasteiger partial charge on any atom is -0.444 e. The molecule has 0 radical (unpaired) electrons. The molecule has 3 fully saturated rings. The molecule has 1 amide bonds. The van der Waals surface area contributed by atoms with Gasteiger partial charge in [0, 0.05) is 31.9 Å². The van der Waals surface area contributed by atoms with E-state index in [0.717, 1.165) is 70.0 Å². The van der Waals surface area contributed by atoms with E-state index in [2.05, 4.69) is 10.2 Å². The Morgan fingerprint density at radius 2 is 2.00 bits per heavy atom. The summed E-state index contributed by atoms with van der Waals surface area (Å²) in [6, 6.07) is 4.91. The molecule has 1 saturated carbocycles. The zero-order valence-electron chi connectivity index (χ0n) is 20.4. The fraction of sp³-hybridized carbons (Fsp3) is 0.720. The lowest BCUT2D eigenvalue weighted by Crippen LogP contribution is -2.50. The second-order valence-electron chi connectivity index (χ2n) is 10.7. The Hall–Kier alpha value is -1.91. The summed E-state index contributed by atoms with van der Waals surface area (Å²) >= 11 is 0. The summed E-state index contributed by atoms with van der Waals surface area (Å²) in [5.41, 5.74) is 1.08. The lowest BCUT2D eigenvalue weighted by atomic mass is 9.74. The molecule has 35 heavy (non-hydrogen) atoms. The average molecular weight is 512 g/mol. The summed E-state index contributed by atoms with van der Waals surface area (Å²) in [4.78, 5) is 14.9. The number of alkyl carbamates (subject to hydrolysis) is 1. The number of carbonyl (C=O) groups is 1. The number of amides is 1. The van der Waals surface area contributed by atoms with Gasteiger partial charge in [0.1, 0.15) is 11.9 Å². The van der Waals surface area contributed by atoms with E-state index in [1.165, 1.54) is 22.7 Å². The number of piperidine rings is 1. The van der Waals surface area contributed by atoms with E-state index in [4.69, 9.17) is 9.47 Å². The van der Waals surface area contributed by atoms with Crippen LogP contribution in [-0.2, 0) is 24.9 Å². The zero-order chi connectivity index (χ0) is 24.6. The highest BCUT2D eigenvalue weighted by Crippen LogP contribution is 2.48. The first-order valence-corrected chi connectivity index (χ1v) is 14.7. The van der Waals surface area contributed by atoms with Crippen LogP contribution < -0.4 is 9.62 Å². The van der Waals surface area contributed by atoms with Gasteiger partial charge in [0.05, 0.1) is 25.2 Å². The number of halogens is 1. The van der Waals surface area contributed by atoms with Crippen molar-refractivity contribution >= 4 is 21.8 Å². The third-order valence-corrected chi connectivity index (χ3v) is 9.42. The first-order chi connectivity index (χ1) is 16.7. The fourth-order valence-electron chi connectivity index (χ4n) is 6.39. The van der Waals surface area contributed by atoms with Gasteiger partial charge in [-0.05, 0) is 69.0 Å². The number of hydrogen-bond acceptors (Lipinski definition) is 6. The molecular weight excluding hydrogens is 473 g/mol. The van der Waals surface area contributed by atoms with Crippen LogP contribution in [0.2, 0.25) is 0 Å². The second kappa shape index (κ2) is 9.86. The number of likely N-dealkylation sites (tertiary alicyclic amines) is 1. The minimum atomic E-state index is -3.43. The predicted molar refractivity (Wildman–Crippen MR) is 133 cm³/mol. The maximum absolute atomic E-state index is 14.2. The summed E-state index contributed by atoms with van der Waals surface area (Å²) in [5.74, 6) is -0.324. The summed E-state index contributed by atoms with van der Waals surface area (Å²) in [5, 5.41) is 3.09. The van der Waals surface area contributed by atoms with Gasteiger partial charge < -0.3 is 19.7 Å². The van der Waals surface area contributed by atoms with Gasteiger partial charge in [-0.1, -0.05) is 12.8 Å². The summed E-state index contributed by atoms with van der Waals surface area (Å²) < 4.78 is 51.3. The van der Waals surface area contributed by atoms with E-state index in [0.29, 0.717) is 31.5 Å². The molecular formula is C25H38FN3O5S. The van der Waals surface area contributed by atoms with Crippen LogP contribution in [0.25, 0.3) is 0 Å². The van der Waals surface area contributed by atoms with Crippen LogP contribution in [0, 0.1) is 5.82 Å². The molecule has 3 heterocycles. The molecule has 0 bridgehead atoms. The summed E-state index contributed by atoms with van der Waals surface area (Å²) in [6.45, 7) is 3.15. The number of benzene rings is 1. The lowest BCUT2D eigenvalue weighted by molar-refractivity contribution is 0.0768. The second-order valence-corrected chi connectivity index (χ2v) is 12.6. The number of hydrogen-bond donors (Lipinski definition) is 1. The van der Waals surface area contributed by atoms with E-state index < -0.39 is 10.0 Å². The number of nitrogens with zero attached hydrogens (tertiary/aromatic N) is 2. The van der Waals surface area contributed by atoms with Crippen LogP contribution in [0.4, 0.5) is 14.9 Å². The van der Waals surface area contributed by atoms with Crippen molar-refractivity contribution in [2.45, 2.75) is 75.0 Å². The van der Waals surface area contributed by atoms with Crippen molar-refractivity contribution in [3.8, 4) is 0 Å². The van der Waals surface area contributed by atoms with E-state index >= 15 is 0 Å². The highest BCUT2D eigenvalue weighted by atomic mass is 32.2. The standard InChI is InChI=1S/C25H36FN3O5S.H2/c1-35(31,32)29-17-25(22-14-18(26)6-7-23(22)29)9-11-28(12-10-25)20-5-3-2-4-19(15-20)27-24(30)34-21-8-13-33-16-21;/h6-7,14,19-21H,2-5,8-13,15-17H2,1H3,(H,27,30);1H/t19?,20?,21-;/m0./s1. The van der Waals surface area contributed by atoms with Crippen LogP contribution in [0.1, 0.15) is 58.4 Å². The number of anilines is 1. The molecule has 8 nitrogen and oxygen atoms in total. The van der Waals surface area contributed by atoms with E-state index in [-0.39, 0.29) is 30.9 Å². The van der Waals surface area contributed by atoms with Gasteiger partial charge in [0.2, 0.25) is 10.0 Å².